The molecule has 0 N–H and O–H groups in total. The summed E-state index contributed by atoms with van der Waals surface area (Å²) in [7, 11) is 0. The van der Waals surface area contributed by atoms with Crippen molar-refractivity contribution in [2.24, 2.45) is 0 Å². The first kappa shape index (κ1) is 19.2. The summed E-state index contributed by atoms with van der Waals surface area (Å²) in [5.74, 6) is 2.94. The van der Waals surface area contributed by atoms with Crippen LogP contribution in [0.25, 0.3) is 10.9 Å². The molecule has 1 aromatic carbocycles. The number of aryl methyl sites for hydroxylation is 1. The van der Waals surface area contributed by atoms with E-state index in [0.29, 0.717) is 5.88 Å². The molecule has 30 heavy (non-hydrogen) atoms. The van der Waals surface area contributed by atoms with Gasteiger partial charge in [0.2, 0.25) is 5.88 Å². The minimum Gasteiger partial charge on any atom is -0.474 e. The molecular weight excluding hydrogens is 378 g/mol. The Hall–Kier alpha value is -2.74. The van der Waals surface area contributed by atoms with E-state index in [2.05, 4.69) is 52.7 Å². The lowest BCUT2D eigenvalue weighted by molar-refractivity contribution is 0.235. The van der Waals surface area contributed by atoms with Crippen LogP contribution in [-0.2, 0) is 19.5 Å². The first-order chi connectivity index (χ1) is 14.7. The maximum absolute atomic E-state index is 5.90. The minimum absolute atomic E-state index is 0.0817. The predicted octanol–water partition coefficient (Wildman–Crippen LogP) is 2.67. The van der Waals surface area contributed by atoms with Crippen molar-refractivity contribution in [2.45, 2.75) is 52.3 Å². The fourth-order valence-corrected chi connectivity index (χ4v) is 4.38. The minimum atomic E-state index is 0.0817. The molecule has 4 heterocycles. The lowest BCUT2D eigenvalue weighted by atomic mass is 10.1. The van der Waals surface area contributed by atoms with Crippen molar-refractivity contribution in [1.29, 1.82) is 0 Å². The van der Waals surface area contributed by atoms with Gasteiger partial charge in [-0.15, -0.1) is 10.2 Å². The average molecular weight is 408 g/mol. The molecule has 0 amide bonds. The Morgan fingerprint density at radius 3 is 2.70 bits per heavy atom. The standard InChI is InChI=1S/C22H29N7O/c1-16(2)30-22-18-13-17(6-7-19(18)23-15-24-22)28-11-9-27(10-12-28)14-21-26-25-20-5-3-4-8-29(20)21/h6-7,13,15-16H,3-5,8-12,14H2,1-2H3. The molecule has 0 aliphatic carbocycles. The molecule has 158 valence electrons. The van der Waals surface area contributed by atoms with E-state index >= 15 is 0 Å². The van der Waals surface area contributed by atoms with Gasteiger partial charge in [-0.3, -0.25) is 4.90 Å². The summed E-state index contributed by atoms with van der Waals surface area (Å²) in [6, 6.07) is 6.38. The van der Waals surface area contributed by atoms with Crippen LogP contribution >= 0.6 is 0 Å². The highest BCUT2D eigenvalue weighted by atomic mass is 16.5. The molecule has 8 nitrogen and oxygen atoms in total. The lowest BCUT2D eigenvalue weighted by Gasteiger charge is -2.36. The number of fused-ring (bicyclic) bond motifs is 2. The average Bonchev–Trinajstić information content (AvgIpc) is 3.17. The van der Waals surface area contributed by atoms with Crippen LogP contribution in [-0.4, -0.2) is 61.9 Å². The molecule has 0 saturated carbocycles. The van der Waals surface area contributed by atoms with Crippen LogP contribution in [0.4, 0.5) is 5.69 Å². The smallest absolute Gasteiger partial charge is 0.224 e. The number of aromatic nitrogens is 5. The second-order valence-electron chi connectivity index (χ2n) is 8.45. The van der Waals surface area contributed by atoms with Gasteiger partial charge in [0.1, 0.15) is 18.0 Å². The first-order valence-corrected chi connectivity index (χ1v) is 11.0. The van der Waals surface area contributed by atoms with Gasteiger partial charge in [0.15, 0.2) is 0 Å². The molecule has 3 aromatic rings. The van der Waals surface area contributed by atoms with Gasteiger partial charge in [0.25, 0.3) is 0 Å². The Bertz CT molecular complexity index is 1020. The van der Waals surface area contributed by atoms with Gasteiger partial charge in [0, 0.05) is 44.8 Å². The van der Waals surface area contributed by atoms with Gasteiger partial charge < -0.3 is 14.2 Å². The van der Waals surface area contributed by atoms with E-state index in [1.807, 2.05) is 13.8 Å². The number of anilines is 1. The van der Waals surface area contributed by atoms with E-state index in [-0.39, 0.29) is 6.10 Å². The fraction of sp³-hybridized carbons (Fsp3) is 0.545. The molecule has 1 fully saturated rings. The monoisotopic (exact) mass is 407 g/mol. The molecule has 2 aliphatic rings. The summed E-state index contributed by atoms with van der Waals surface area (Å²) in [5, 5.41) is 9.83. The molecule has 0 spiro atoms. The third-order valence-corrected chi connectivity index (χ3v) is 5.97. The summed E-state index contributed by atoms with van der Waals surface area (Å²) in [6.45, 7) is 9.99. The summed E-state index contributed by atoms with van der Waals surface area (Å²) in [4.78, 5) is 13.7. The van der Waals surface area contributed by atoms with E-state index in [9.17, 15) is 0 Å². The Balaban J connectivity index is 1.27. The van der Waals surface area contributed by atoms with Gasteiger partial charge in [0.05, 0.1) is 23.6 Å². The Morgan fingerprint density at radius 2 is 1.87 bits per heavy atom. The van der Waals surface area contributed by atoms with Crippen LogP contribution in [0.3, 0.4) is 0 Å². The summed E-state index contributed by atoms with van der Waals surface area (Å²) in [6.07, 6.45) is 5.19. The van der Waals surface area contributed by atoms with Crippen molar-refractivity contribution >= 4 is 16.6 Å². The molecule has 2 aromatic heterocycles. The molecule has 1 saturated heterocycles. The molecule has 2 aliphatic heterocycles. The number of hydrogen-bond donors (Lipinski definition) is 0. The highest BCUT2D eigenvalue weighted by Gasteiger charge is 2.22. The van der Waals surface area contributed by atoms with Gasteiger partial charge >= 0.3 is 0 Å². The van der Waals surface area contributed by atoms with Crippen LogP contribution in [0.15, 0.2) is 24.5 Å². The third kappa shape index (κ3) is 3.84. The highest BCUT2D eigenvalue weighted by molar-refractivity contribution is 5.86. The normalized spacial score (nSPS) is 17.5. The van der Waals surface area contributed by atoms with Gasteiger partial charge in [-0.05, 0) is 44.9 Å². The second kappa shape index (κ2) is 8.18. The molecule has 0 atom stereocenters. The highest BCUT2D eigenvalue weighted by Crippen LogP contribution is 2.28. The second-order valence-corrected chi connectivity index (χ2v) is 8.45. The van der Waals surface area contributed by atoms with Crippen LogP contribution < -0.4 is 9.64 Å². The van der Waals surface area contributed by atoms with Crippen molar-refractivity contribution in [3.8, 4) is 5.88 Å². The van der Waals surface area contributed by atoms with Crippen molar-refractivity contribution in [1.82, 2.24) is 29.6 Å². The van der Waals surface area contributed by atoms with E-state index in [4.69, 9.17) is 4.74 Å². The quantitative estimate of drug-likeness (QED) is 0.644. The van der Waals surface area contributed by atoms with E-state index < -0.39 is 0 Å². The number of hydrogen-bond acceptors (Lipinski definition) is 7. The van der Waals surface area contributed by atoms with Crippen molar-refractivity contribution in [3.05, 3.63) is 36.2 Å². The molecule has 5 rings (SSSR count). The van der Waals surface area contributed by atoms with Crippen LogP contribution in [0.5, 0.6) is 5.88 Å². The summed E-state index contributed by atoms with van der Waals surface area (Å²) < 4.78 is 8.23. The largest absolute Gasteiger partial charge is 0.474 e. The van der Waals surface area contributed by atoms with Gasteiger partial charge in [-0.2, -0.15) is 0 Å². The maximum Gasteiger partial charge on any atom is 0.224 e. The Kier molecular flexibility index (Phi) is 5.25. The van der Waals surface area contributed by atoms with Crippen molar-refractivity contribution in [2.75, 3.05) is 31.1 Å². The Morgan fingerprint density at radius 1 is 1.00 bits per heavy atom. The molecule has 0 radical (unpaired) electrons. The van der Waals surface area contributed by atoms with Gasteiger partial charge in [-0.25, -0.2) is 9.97 Å². The van der Waals surface area contributed by atoms with Crippen LogP contribution in [0, 0.1) is 0 Å². The van der Waals surface area contributed by atoms with Crippen LogP contribution in [0.1, 0.15) is 38.3 Å². The number of ether oxygens (including phenoxy) is 1. The SMILES string of the molecule is CC(C)Oc1ncnc2ccc(N3CCN(Cc4nnc5n4CCCC5)CC3)cc12. The van der Waals surface area contributed by atoms with E-state index in [1.54, 1.807) is 6.33 Å². The summed E-state index contributed by atoms with van der Waals surface area (Å²) in [5.41, 5.74) is 2.12. The van der Waals surface area contributed by atoms with Crippen molar-refractivity contribution < 1.29 is 4.74 Å². The molecular formula is C22H29N7O. The Labute approximate surface area is 176 Å². The fourth-order valence-electron chi connectivity index (χ4n) is 4.38. The molecule has 0 bridgehead atoms. The van der Waals surface area contributed by atoms with Crippen molar-refractivity contribution in [3.63, 3.8) is 0 Å². The van der Waals surface area contributed by atoms with Crippen LogP contribution in [0.2, 0.25) is 0 Å². The maximum atomic E-state index is 5.90. The zero-order valence-corrected chi connectivity index (χ0v) is 17.8. The van der Waals surface area contributed by atoms with Gasteiger partial charge in [-0.1, -0.05) is 0 Å². The first-order valence-electron chi connectivity index (χ1n) is 11.0. The topological polar surface area (TPSA) is 72.2 Å². The third-order valence-electron chi connectivity index (χ3n) is 5.97. The van der Waals surface area contributed by atoms with E-state index in [1.165, 1.54) is 18.5 Å². The molecule has 8 heteroatoms. The number of rotatable bonds is 5. The zero-order chi connectivity index (χ0) is 20.5. The number of piperazine rings is 1. The zero-order valence-electron chi connectivity index (χ0n) is 17.8. The number of benzene rings is 1. The lowest BCUT2D eigenvalue weighted by Crippen LogP contribution is -2.46. The van der Waals surface area contributed by atoms with E-state index in [0.717, 1.165) is 68.2 Å². The summed E-state index contributed by atoms with van der Waals surface area (Å²) >= 11 is 0. The number of nitrogens with zero attached hydrogens (tertiary/aromatic N) is 7. The predicted molar refractivity (Wildman–Crippen MR) is 116 cm³/mol. The molecule has 0 unspecified atom stereocenters.